The Morgan fingerprint density at radius 1 is 1.29 bits per heavy atom. The van der Waals surface area contributed by atoms with Crippen LogP contribution in [0.3, 0.4) is 0 Å². The summed E-state index contributed by atoms with van der Waals surface area (Å²) in [5.41, 5.74) is 0. The number of unbranched alkanes of at least 4 members (excludes halogenated alkanes) is 4. The largest absolute Gasteiger partial charge is 0.389 e. The number of hydrogen-bond acceptors (Lipinski definition) is 1. The molecule has 0 bridgehead atoms. The molecule has 1 nitrogen and oxygen atoms in total. The standard InChI is InChI=1S/C11H20I2O/c1-2-3-4-5-6-7-11(14)8-10(13)9-12/h8,11,14H,2-7,9H2,1H3/b10-8-. The van der Waals surface area contributed by atoms with Crippen molar-refractivity contribution >= 4 is 45.2 Å². The van der Waals surface area contributed by atoms with Crippen molar-refractivity contribution in [3.8, 4) is 0 Å². The lowest BCUT2D eigenvalue weighted by atomic mass is 10.1. The van der Waals surface area contributed by atoms with Crippen LogP contribution in [0.4, 0.5) is 0 Å². The lowest BCUT2D eigenvalue weighted by molar-refractivity contribution is 0.208. The molecule has 84 valence electrons. The number of aliphatic hydroxyl groups is 1. The van der Waals surface area contributed by atoms with Crippen LogP contribution >= 0.6 is 45.2 Å². The van der Waals surface area contributed by atoms with Crippen LogP contribution in [-0.2, 0) is 0 Å². The van der Waals surface area contributed by atoms with Crippen molar-refractivity contribution in [2.24, 2.45) is 0 Å². The first kappa shape index (κ1) is 15.2. The van der Waals surface area contributed by atoms with Crippen molar-refractivity contribution in [3.63, 3.8) is 0 Å². The maximum absolute atomic E-state index is 9.62. The highest BCUT2D eigenvalue weighted by atomic mass is 127. The molecule has 0 spiro atoms. The van der Waals surface area contributed by atoms with Crippen molar-refractivity contribution in [3.05, 3.63) is 9.66 Å². The van der Waals surface area contributed by atoms with Gasteiger partial charge in [0.05, 0.1) is 6.10 Å². The quantitative estimate of drug-likeness (QED) is 0.348. The molecule has 0 aliphatic carbocycles. The second-order valence-electron chi connectivity index (χ2n) is 3.52. The van der Waals surface area contributed by atoms with Crippen LogP contribution in [0.15, 0.2) is 9.66 Å². The van der Waals surface area contributed by atoms with Crippen LogP contribution in [0.1, 0.15) is 45.4 Å². The van der Waals surface area contributed by atoms with Gasteiger partial charge in [-0.2, -0.15) is 0 Å². The monoisotopic (exact) mass is 422 g/mol. The van der Waals surface area contributed by atoms with Gasteiger partial charge in [0.2, 0.25) is 0 Å². The van der Waals surface area contributed by atoms with Gasteiger partial charge in [-0.05, 0) is 38.7 Å². The van der Waals surface area contributed by atoms with Gasteiger partial charge in [0.25, 0.3) is 0 Å². The number of alkyl halides is 1. The summed E-state index contributed by atoms with van der Waals surface area (Å²) in [5.74, 6) is 0. The fourth-order valence-electron chi connectivity index (χ4n) is 1.29. The van der Waals surface area contributed by atoms with E-state index in [1.54, 1.807) is 0 Å². The first-order valence-corrected chi connectivity index (χ1v) is 7.91. The van der Waals surface area contributed by atoms with Crippen LogP contribution in [0.2, 0.25) is 0 Å². The lowest BCUT2D eigenvalue weighted by Crippen LogP contribution is -2.02. The molecule has 0 aromatic rings. The van der Waals surface area contributed by atoms with E-state index in [2.05, 4.69) is 52.1 Å². The summed E-state index contributed by atoms with van der Waals surface area (Å²) in [4.78, 5) is 0. The Morgan fingerprint density at radius 3 is 2.50 bits per heavy atom. The van der Waals surface area contributed by atoms with E-state index in [0.717, 1.165) is 17.3 Å². The Balaban J connectivity index is 3.39. The Hall–Kier alpha value is 1.16. The average Bonchev–Trinajstić information content (AvgIpc) is 2.17. The molecule has 0 amide bonds. The van der Waals surface area contributed by atoms with Gasteiger partial charge in [0, 0.05) is 4.43 Å². The first-order chi connectivity index (χ1) is 6.70. The van der Waals surface area contributed by atoms with E-state index in [4.69, 9.17) is 0 Å². The number of aliphatic hydroxyl groups excluding tert-OH is 1. The van der Waals surface area contributed by atoms with E-state index >= 15 is 0 Å². The van der Waals surface area contributed by atoms with Crippen molar-refractivity contribution < 1.29 is 5.11 Å². The molecule has 0 rings (SSSR count). The molecule has 14 heavy (non-hydrogen) atoms. The molecule has 3 heteroatoms. The van der Waals surface area contributed by atoms with Gasteiger partial charge in [-0.25, -0.2) is 0 Å². The second-order valence-corrected chi connectivity index (χ2v) is 5.67. The molecule has 0 fully saturated rings. The Kier molecular flexibility index (Phi) is 11.6. The van der Waals surface area contributed by atoms with Crippen LogP contribution < -0.4 is 0 Å². The molecular formula is C11H20I2O. The summed E-state index contributed by atoms with van der Waals surface area (Å²) in [5, 5.41) is 9.62. The molecule has 1 unspecified atom stereocenters. The van der Waals surface area contributed by atoms with Gasteiger partial charge in [0.1, 0.15) is 0 Å². The molecule has 1 N–H and O–H groups in total. The smallest absolute Gasteiger partial charge is 0.0731 e. The maximum Gasteiger partial charge on any atom is 0.0731 e. The van der Waals surface area contributed by atoms with E-state index in [0.29, 0.717) is 0 Å². The third-order valence-electron chi connectivity index (χ3n) is 2.10. The topological polar surface area (TPSA) is 20.2 Å². The predicted molar refractivity (Wildman–Crippen MR) is 80.4 cm³/mol. The molecule has 0 saturated heterocycles. The molecule has 0 radical (unpaired) electrons. The van der Waals surface area contributed by atoms with Crippen LogP contribution in [-0.4, -0.2) is 15.6 Å². The molecule has 0 aliphatic heterocycles. The van der Waals surface area contributed by atoms with Gasteiger partial charge >= 0.3 is 0 Å². The van der Waals surface area contributed by atoms with Gasteiger partial charge in [-0.1, -0.05) is 61.6 Å². The average molecular weight is 422 g/mol. The van der Waals surface area contributed by atoms with Gasteiger partial charge in [-0.3, -0.25) is 0 Å². The maximum atomic E-state index is 9.62. The Bertz CT molecular complexity index is 157. The van der Waals surface area contributed by atoms with E-state index in [9.17, 15) is 5.11 Å². The predicted octanol–water partition coefficient (Wildman–Crippen LogP) is 4.46. The lowest BCUT2D eigenvalue weighted by Gasteiger charge is -2.05. The minimum Gasteiger partial charge on any atom is -0.389 e. The fourth-order valence-corrected chi connectivity index (χ4v) is 1.96. The molecule has 0 aromatic carbocycles. The van der Waals surface area contributed by atoms with E-state index < -0.39 is 0 Å². The van der Waals surface area contributed by atoms with Crippen molar-refractivity contribution in [2.45, 2.75) is 51.6 Å². The van der Waals surface area contributed by atoms with Gasteiger partial charge in [-0.15, -0.1) is 0 Å². The minimum absolute atomic E-state index is 0.224. The molecule has 1 atom stereocenters. The molecule has 0 heterocycles. The van der Waals surface area contributed by atoms with Crippen LogP contribution in [0.5, 0.6) is 0 Å². The fraction of sp³-hybridized carbons (Fsp3) is 0.818. The van der Waals surface area contributed by atoms with Gasteiger partial charge < -0.3 is 5.11 Å². The summed E-state index contributed by atoms with van der Waals surface area (Å²) in [6.45, 7) is 2.22. The van der Waals surface area contributed by atoms with Crippen LogP contribution in [0, 0.1) is 0 Å². The Morgan fingerprint density at radius 2 is 1.93 bits per heavy atom. The number of halogens is 2. The van der Waals surface area contributed by atoms with E-state index in [1.807, 2.05) is 6.08 Å². The highest BCUT2D eigenvalue weighted by Crippen LogP contribution is 2.14. The second kappa shape index (κ2) is 10.7. The molecule has 0 aromatic heterocycles. The molecular weight excluding hydrogens is 402 g/mol. The Labute approximate surface area is 115 Å². The number of rotatable bonds is 8. The van der Waals surface area contributed by atoms with Crippen LogP contribution in [0.25, 0.3) is 0 Å². The zero-order valence-electron chi connectivity index (χ0n) is 8.81. The zero-order valence-corrected chi connectivity index (χ0v) is 13.1. The first-order valence-electron chi connectivity index (χ1n) is 5.31. The summed E-state index contributed by atoms with van der Waals surface area (Å²) >= 11 is 4.60. The van der Waals surface area contributed by atoms with Crippen molar-refractivity contribution in [1.82, 2.24) is 0 Å². The molecule has 0 saturated carbocycles. The highest BCUT2D eigenvalue weighted by molar-refractivity contribution is 14.1. The summed E-state index contributed by atoms with van der Waals surface area (Å²) in [7, 11) is 0. The summed E-state index contributed by atoms with van der Waals surface area (Å²) in [6, 6.07) is 0. The number of hydrogen-bond donors (Lipinski definition) is 1. The highest BCUT2D eigenvalue weighted by Gasteiger charge is 2.00. The normalized spacial score (nSPS) is 14.4. The molecule has 0 aliphatic rings. The van der Waals surface area contributed by atoms with Crippen molar-refractivity contribution in [2.75, 3.05) is 4.43 Å². The summed E-state index contributed by atoms with van der Waals surface area (Å²) < 4.78 is 2.26. The SMILES string of the molecule is CCCCCCCC(O)/C=C(\I)CI. The van der Waals surface area contributed by atoms with E-state index in [-0.39, 0.29) is 6.10 Å². The zero-order chi connectivity index (χ0) is 10.8. The number of allylic oxidation sites excluding steroid dienone is 1. The minimum atomic E-state index is -0.224. The van der Waals surface area contributed by atoms with Gasteiger partial charge in [0.15, 0.2) is 0 Å². The van der Waals surface area contributed by atoms with Crippen molar-refractivity contribution in [1.29, 1.82) is 0 Å². The third kappa shape index (κ3) is 9.71. The van der Waals surface area contributed by atoms with E-state index in [1.165, 1.54) is 29.3 Å². The third-order valence-corrected chi connectivity index (χ3v) is 5.13. The summed E-state index contributed by atoms with van der Waals surface area (Å²) in [6.07, 6.45) is 9.03.